The van der Waals surface area contributed by atoms with Crippen molar-refractivity contribution >= 4 is 21.6 Å². The minimum Gasteiger partial charge on any atom is -0.260 e. The van der Waals surface area contributed by atoms with Gasteiger partial charge in [-0.25, -0.2) is 0 Å². The predicted octanol–water partition coefficient (Wildman–Crippen LogP) is 2.86. The first-order valence-electron chi connectivity index (χ1n) is 6.40. The van der Waals surface area contributed by atoms with Crippen LogP contribution >= 0.6 is 0 Å². The smallest absolute Gasteiger partial charge is 0.0235 e. The van der Waals surface area contributed by atoms with Crippen LogP contribution in [0.5, 0.6) is 0 Å². The normalized spacial score (nSPS) is 14.9. The Labute approximate surface area is 106 Å². The van der Waals surface area contributed by atoms with Gasteiger partial charge in [0.05, 0.1) is 0 Å². The lowest BCUT2D eigenvalue weighted by atomic mass is 10.4. The summed E-state index contributed by atoms with van der Waals surface area (Å²) in [5.41, 5.74) is 0. The number of hydrogen-bond donors (Lipinski definition) is 0. The van der Waals surface area contributed by atoms with Crippen LogP contribution in [-0.4, -0.2) is 31.4 Å². The van der Waals surface area contributed by atoms with Crippen molar-refractivity contribution in [3.05, 3.63) is 0 Å². The third-order valence-corrected chi connectivity index (χ3v) is 5.42. The van der Waals surface area contributed by atoms with Crippen molar-refractivity contribution in [3.8, 4) is 0 Å². The van der Waals surface area contributed by atoms with E-state index in [1.807, 2.05) is 0 Å². The third kappa shape index (κ3) is 10.8. The van der Waals surface area contributed by atoms with Gasteiger partial charge >= 0.3 is 0 Å². The highest BCUT2D eigenvalue weighted by Crippen LogP contribution is 2.00. The van der Waals surface area contributed by atoms with E-state index in [0.29, 0.717) is 0 Å². The fraction of sp³-hybridized carbons (Fsp3) is 1.00. The molecule has 98 valence electrons. The van der Waals surface area contributed by atoms with Crippen molar-refractivity contribution in [1.82, 2.24) is 0 Å². The second-order valence-corrected chi connectivity index (χ2v) is 7.50. The zero-order valence-corrected chi connectivity index (χ0v) is 12.3. The first-order valence-corrected chi connectivity index (χ1v) is 9.38. The van der Waals surface area contributed by atoms with Crippen LogP contribution in [-0.2, 0) is 21.6 Å². The summed E-state index contributed by atoms with van der Waals surface area (Å²) in [6, 6.07) is 0. The molecule has 0 spiro atoms. The van der Waals surface area contributed by atoms with Crippen LogP contribution in [0.2, 0.25) is 0 Å². The highest BCUT2D eigenvalue weighted by molar-refractivity contribution is 7.85. The Morgan fingerprint density at radius 2 is 0.938 bits per heavy atom. The molecule has 0 N–H and O–H groups in total. The molecular formula is C12H26O2S2. The highest BCUT2D eigenvalue weighted by atomic mass is 32.2. The second-order valence-electron chi connectivity index (χ2n) is 4.11. The molecule has 16 heavy (non-hydrogen) atoms. The van der Waals surface area contributed by atoms with E-state index in [1.54, 1.807) is 0 Å². The van der Waals surface area contributed by atoms with E-state index in [1.165, 1.54) is 0 Å². The van der Waals surface area contributed by atoms with Crippen molar-refractivity contribution in [1.29, 1.82) is 0 Å². The van der Waals surface area contributed by atoms with Gasteiger partial charge in [0.2, 0.25) is 0 Å². The SMILES string of the molecule is CCCCS(=O)CCCCS(=O)CCCC. The van der Waals surface area contributed by atoms with Crippen LogP contribution in [0, 0.1) is 0 Å². The number of hydrogen-bond acceptors (Lipinski definition) is 2. The standard InChI is InChI=1S/C12H26O2S2/c1-3-5-9-15(13)11-7-8-12-16(14)10-6-4-2/h3-12H2,1-2H3. The van der Waals surface area contributed by atoms with Crippen molar-refractivity contribution in [2.24, 2.45) is 0 Å². The molecule has 0 bridgehead atoms. The molecule has 0 aromatic heterocycles. The Morgan fingerprint density at radius 1 is 0.625 bits per heavy atom. The molecule has 0 rings (SSSR count). The molecule has 0 aromatic rings. The van der Waals surface area contributed by atoms with Crippen molar-refractivity contribution in [2.75, 3.05) is 23.0 Å². The monoisotopic (exact) mass is 266 g/mol. The van der Waals surface area contributed by atoms with Gasteiger partial charge in [-0.2, -0.15) is 0 Å². The third-order valence-electron chi connectivity index (χ3n) is 2.45. The summed E-state index contributed by atoms with van der Waals surface area (Å²) < 4.78 is 22.9. The Morgan fingerprint density at radius 3 is 1.25 bits per heavy atom. The second kappa shape index (κ2) is 11.8. The molecule has 0 amide bonds. The van der Waals surface area contributed by atoms with E-state index in [-0.39, 0.29) is 0 Å². The summed E-state index contributed by atoms with van der Waals surface area (Å²) in [5.74, 6) is 3.28. The fourth-order valence-electron chi connectivity index (χ4n) is 1.34. The van der Waals surface area contributed by atoms with Crippen LogP contribution in [0.1, 0.15) is 52.4 Å². The van der Waals surface area contributed by atoms with Gasteiger partial charge in [0.25, 0.3) is 0 Å². The lowest BCUT2D eigenvalue weighted by Gasteiger charge is -2.02. The van der Waals surface area contributed by atoms with Gasteiger partial charge in [-0.1, -0.05) is 26.7 Å². The molecule has 0 aromatic carbocycles. The average Bonchev–Trinajstić information content (AvgIpc) is 2.29. The molecule has 0 saturated heterocycles. The lowest BCUT2D eigenvalue weighted by Crippen LogP contribution is -2.06. The van der Waals surface area contributed by atoms with Gasteiger partial charge < -0.3 is 0 Å². The van der Waals surface area contributed by atoms with Crippen LogP contribution in [0.25, 0.3) is 0 Å². The topological polar surface area (TPSA) is 34.1 Å². The summed E-state index contributed by atoms with van der Waals surface area (Å²) in [4.78, 5) is 0. The summed E-state index contributed by atoms with van der Waals surface area (Å²) in [6.45, 7) is 4.24. The van der Waals surface area contributed by atoms with Crippen LogP contribution in [0.4, 0.5) is 0 Å². The molecule has 0 aliphatic heterocycles. The maximum atomic E-state index is 11.5. The van der Waals surface area contributed by atoms with Gasteiger partial charge in [-0.05, 0) is 25.7 Å². The summed E-state index contributed by atoms with van der Waals surface area (Å²) >= 11 is 0. The van der Waals surface area contributed by atoms with Gasteiger partial charge in [0.1, 0.15) is 0 Å². The van der Waals surface area contributed by atoms with Gasteiger partial charge in [0, 0.05) is 44.6 Å². The molecule has 0 radical (unpaired) electrons. The van der Waals surface area contributed by atoms with E-state index >= 15 is 0 Å². The molecule has 2 nitrogen and oxygen atoms in total. The molecular weight excluding hydrogens is 240 g/mol. The van der Waals surface area contributed by atoms with Crippen molar-refractivity contribution in [2.45, 2.75) is 52.4 Å². The first kappa shape index (κ1) is 16.3. The largest absolute Gasteiger partial charge is 0.260 e. The Bertz CT molecular complexity index is 183. The van der Waals surface area contributed by atoms with E-state index in [9.17, 15) is 8.42 Å². The first-order chi connectivity index (χ1) is 7.70. The highest BCUT2D eigenvalue weighted by Gasteiger charge is 2.01. The number of rotatable bonds is 11. The Hall–Kier alpha value is 0.300. The molecule has 0 heterocycles. The number of unbranched alkanes of at least 4 members (excludes halogenated alkanes) is 3. The van der Waals surface area contributed by atoms with Crippen LogP contribution in [0.3, 0.4) is 0 Å². The quantitative estimate of drug-likeness (QED) is 0.539. The van der Waals surface area contributed by atoms with Gasteiger partial charge in [0.15, 0.2) is 0 Å². The summed E-state index contributed by atoms with van der Waals surface area (Å²) in [5, 5.41) is 0. The van der Waals surface area contributed by atoms with Gasteiger partial charge in [-0.15, -0.1) is 0 Å². The maximum Gasteiger partial charge on any atom is 0.0235 e. The molecule has 0 aliphatic carbocycles. The average molecular weight is 266 g/mol. The molecule has 2 unspecified atom stereocenters. The fourth-order valence-corrected chi connectivity index (χ4v) is 4.02. The van der Waals surface area contributed by atoms with Gasteiger partial charge in [-0.3, -0.25) is 8.42 Å². The molecule has 0 saturated carbocycles. The predicted molar refractivity (Wildman–Crippen MR) is 74.8 cm³/mol. The van der Waals surface area contributed by atoms with E-state index in [4.69, 9.17) is 0 Å². The van der Waals surface area contributed by atoms with Crippen LogP contribution < -0.4 is 0 Å². The lowest BCUT2D eigenvalue weighted by molar-refractivity contribution is 0.670. The van der Waals surface area contributed by atoms with Crippen molar-refractivity contribution in [3.63, 3.8) is 0 Å². The Balaban J connectivity index is 3.31. The van der Waals surface area contributed by atoms with E-state index < -0.39 is 21.6 Å². The summed E-state index contributed by atoms with van der Waals surface area (Å²) in [6.07, 6.45) is 6.30. The maximum absolute atomic E-state index is 11.5. The minimum absolute atomic E-state index is 0.639. The zero-order chi connectivity index (χ0) is 12.2. The zero-order valence-electron chi connectivity index (χ0n) is 10.7. The van der Waals surface area contributed by atoms with Crippen LogP contribution in [0.15, 0.2) is 0 Å². The molecule has 2 atom stereocenters. The Kier molecular flexibility index (Phi) is 12.0. The summed E-state index contributed by atoms with van der Waals surface area (Å²) in [7, 11) is -1.28. The van der Waals surface area contributed by atoms with Crippen molar-refractivity contribution < 1.29 is 8.42 Å². The molecule has 0 fully saturated rings. The molecule has 0 aliphatic rings. The van der Waals surface area contributed by atoms with E-state index in [2.05, 4.69) is 13.8 Å². The minimum atomic E-state index is -0.639. The molecule has 4 heteroatoms. The van der Waals surface area contributed by atoms with E-state index in [0.717, 1.165) is 61.5 Å².